The van der Waals surface area contributed by atoms with Gasteiger partial charge in [-0.05, 0) is 0 Å². The van der Waals surface area contributed by atoms with Crippen LogP contribution in [0, 0.1) is 0 Å². The van der Waals surface area contributed by atoms with Gasteiger partial charge in [-0.15, -0.1) is 0 Å². The number of phenolic OH excluding ortho intramolecular Hbond substituents is 2. The molecule has 1 atom stereocenters. The first-order valence-corrected chi connectivity index (χ1v) is 11.9. The molecule has 1 unspecified atom stereocenters. The molecule has 4 aromatic carbocycles. The molecular formula is C25H23O4P. The van der Waals surface area contributed by atoms with E-state index in [2.05, 4.69) is 30.3 Å². The van der Waals surface area contributed by atoms with Crippen LogP contribution in [0.1, 0.15) is 0 Å². The topological polar surface area (TPSA) is 62.2 Å². The van der Waals surface area contributed by atoms with Gasteiger partial charge in [0.1, 0.15) is 0 Å². The van der Waals surface area contributed by atoms with Crippen LogP contribution in [-0.4, -0.2) is 29.5 Å². The molecule has 30 heavy (non-hydrogen) atoms. The van der Waals surface area contributed by atoms with Crippen LogP contribution in [0.3, 0.4) is 0 Å². The van der Waals surface area contributed by atoms with Crippen molar-refractivity contribution in [3.05, 3.63) is 91.0 Å². The van der Waals surface area contributed by atoms with Gasteiger partial charge in [0.15, 0.2) is 0 Å². The second kappa shape index (κ2) is 7.73. The molecule has 1 heterocycles. The van der Waals surface area contributed by atoms with E-state index in [-0.39, 0.29) is 17.6 Å². The number of rotatable bonds is 6. The summed E-state index contributed by atoms with van der Waals surface area (Å²) < 4.78 is 12.3. The average molecular weight is 418 g/mol. The summed E-state index contributed by atoms with van der Waals surface area (Å²) in [7, 11) is -2.96. The fourth-order valence-corrected chi connectivity index (χ4v) is 8.12. The van der Waals surface area contributed by atoms with Gasteiger partial charge >= 0.3 is 175 Å². The SMILES string of the molecule is Oc1ccc([PH](OCC2CO2)(c2ccc(O)cc2)c2cccc3ccccc23)cc1. The molecule has 5 rings (SSSR count). The van der Waals surface area contributed by atoms with E-state index in [1.807, 2.05) is 36.4 Å². The van der Waals surface area contributed by atoms with Crippen LogP contribution in [-0.2, 0) is 9.26 Å². The third-order valence-corrected chi connectivity index (χ3v) is 9.69. The van der Waals surface area contributed by atoms with Crippen LogP contribution in [0.2, 0.25) is 0 Å². The van der Waals surface area contributed by atoms with E-state index in [0.29, 0.717) is 13.2 Å². The van der Waals surface area contributed by atoms with Crippen LogP contribution < -0.4 is 15.9 Å². The second-order valence-corrected chi connectivity index (χ2v) is 10.9. The Morgan fingerprint density at radius 1 is 0.767 bits per heavy atom. The Bertz CT molecular complexity index is 1120. The van der Waals surface area contributed by atoms with Crippen LogP contribution in [0.5, 0.6) is 11.5 Å². The Morgan fingerprint density at radius 3 is 1.93 bits per heavy atom. The monoisotopic (exact) mass is 418 g/mol. The normalized spacial score (nSPS) is 16.5. The van der Waals surface area contributed by atoms with E-state index in [0.717, 1.165) is 26.7 Å². The quantitative estimate of drug-likeness (QED) is 0.371. The van der Waals surface area contributed by atoms with Crippen molar-refractivity contribution in [2.75, 3.05) is 13.2 Å². The summed E-state index contributed by atoms with van der Waals surface area (Å²) in [5, 5.41) is 25.3. The van der Waals surface area contributed by atoms with Crippen molar-refractivity contribution in [1.29, 1.82) is 0 Å². The molecule has 1 saturated heterocycles. The molecule has 0 aliphatic carbocycles. The fraction of sp³-hybridized carbons (Fsp3) is 0.120. The van der Waals surface area contributed by atoms with E-state index in [9.17, 15) is 10.2 Å². The summed E-state index contributed by atoms with van der Waals surface area (Å²) in [4.78, 5) is 0. The van der Waals surface area contributed by atoms with Crippen molar-refractivity contribution in [2.45, 2.75) is 6.10 Å². The van der Waals surface area contributed by atoms with E-state index in [1.165, 1.54) is 0 Å². The van der Waals surface area contributed by atoms with Crippen molar-refractivity contribution in [3.8, 4) is 11.5 Å². The molecule has 0 bridgehead atoms. The maximum atomic E-state index is 9.92. The van der Waals surface area contributed by atoms with Crippen molar-refractivity contribution >= 4 is 34.2 Å². The van der Waals surface area contributed by atoms with Gasteiger partial charge in [-0.25, -0.2) is 0 Å². The molecule has 5 heteroatoms. The van der Waals surface area contributed by atoms with E-state index >= 15 is 0 Å². The predicted molar refractivity (Wildman–Crippen MR) is 123 cm³/mol. The van der Waals surface area contributed by atoms with E-state index < -0.39 is 7.49 Å². The number of epoxide rings is 1. The van der Waals surface area contributed by atoms with Gasteiger partial charge in [-0.1, -0.05) is 0 Å². The fourth-order valence-electron chi connectivity index (χ4n) is 4.03. The van der Waals surface area contributed by atoms with Crippen LogP contribution in [0.25, 0.3) is 10.8 Å². The summed E-state index contributed by atoms with van der Waals surface area (Å²) in [5.41, 5.74) is 0. The molecule has 0 aromatic heterocycles. The molecular weight excluding hydrogens is 395 g/mol. The van der Waals surface area contributed by atoms with Crippen molar-refractivity contribution in [1.82, 2.24) is 0 Å². The zero-order chi connectivity index (χ0) is 20.6. The molecule has 152 valence electrons. The Morgan fingerprint density at radius 2 is 1.33 bits per heavy atom. The maximum absolute atomic E-state index is 9.92. The van der Waals surface area contributed by atoms with Crippen LogP contribution in [0.15, 0.2) is 91.0 Å². The number of hydrogen-bond donors (Lipinski definition) is 2. The molecule has 0 amide bonds. The molecule has 1 aliphatic rings. The van der Waals surface area contributed by atoms with Gasteiger partial charge in [0.25, 0.3) is 0 Å². The molecule has 2 N–H and O–H groups in total. The Labute approximate surface area is 175 Å². The summed E-state index contributed by atoms with van der Waals surface area (Å²) in [5.74, 6) is 0.437. The molecule has 0 spiro atoms. The third-order valence-electron chi connectivity index (χ3n) is 5.60. The minimum absolute atomic E-state index is 0.112. The number of aromatic hydroxyl groups is 2. The summed E-state index contributed by atoms with van der Waals surface area (Å²) in [6.45, 7) is 1.21. The number of ether oxygens (including phenoxy) is 1. The summed E-state index contributed by atoms with van der Waals surface area (Å²) in [6.07, 6.45) is 0.112. The first-order valence-electron chi connectivity index (χ1n) is 9.99. The van der Waals surface area contributed by atoms with Gasteiger partial charge in [0, 0.05) is 0 Å². The Hall–Kier alpha value is -2.91. The number of phenols is 2. The van der Waals surface area contributed by atoms with E-state index in [1.54, 1.807) is 24.3 Å². The zero-order valence-corrected chi connectivity index (χ0v) is 17.4. The summed E-state index contributed by atoms with van der Waals surface area (Å²) >= 11 is 0. The molecule has 4 nitrogen and oxygen atoms in total. The minimum atomic E-state index is -2.96. The predicted octanol–water partition coefficient (Wildman–Crippen LogP) is 3.61. The molecule has 1 fully saturated rings. The molecule has 1 aliphatic heterocycles. The first-order chi connectivity index (χ1) is 14.7. The van der Waals surface area contributed by atoms with Gasteiger partial charge in [-0.3, -0.25) is 0 Å². The van der Waals surface area contributed by atoms with Gasteiger partial charge < -0.3 is 0 Å². The average Bonchev–Trinajstić information content (AvgIpc) is 3.61. The van der Waals surface area contributed by atoms with Crippen molar-refractivity contribution in [2.24, 2.45) is 0 Å². The number of hydrogen-bond acceptors (Lipinski definition) is 4. The summed E-state index contributed by atoms with van der Waals surface area (Å²) in [6, 6.07) is 29.3. The van der Waals surface area contributed by atoms with Crippen LogP contribution >= 0.6 is 7.49 Å². The van der Waals surface area contributed by atoms with Gasteiger partial charge in [0.2, 0.25) is 0 Å². The number of fused-ring (bicyclic) bond motifs is 1. The van der Waals surface area contributed by atoms with Crippen LogP contribution in [0.4, 0.5) is 0 Å². The standard InChI is InChI=1S/C25H23O4P/c26-19-8-12-22(13-9-19)30(29-17-21-16-28-21,23-14-10-20(27)11-15-23)25-7-3-5-18-4-1-2-6-24(18)25/h1-15,21,26-27,30H,16-17H2. The Kier molecular flexibility index (Phi) is 4.92. The zero-order valence-electron chi connectivity index (χ0n) is 16.4. The first kappa shape index (κ1) is 19.1. The van der Waals surface area contributed by atoms with E-state index in [4.69, 9.17) is 9.26 Å². The van der Waals surface area contributed by atoms with Gasteiger partial charge in [0.05, 0.1) is 0 Å². The molecule has 4 aromatic rings. The van der Waals surface area contributed by atoms with Gasteiger partial charge in [-0.2, -0.15) is 0 Å². The molecule has 0 saturated carbocycles. The van der Waals surface area contributed by atoms with Crippen molar-refractivity contribution < 1.29 is 19.5 Å². The number of benzene rings is 4. The molecule has 0 radical (unpaired) electrons. The second-order valence-electron chi connectivity index (χ2n) is 7.57. The van der Waals surface area contributed by atoms with Crippen molar-refractivity contribution in [3.63, 3.8) is 0 Å². The Balaban J connectivity index is 1.82. The third kappa shape index (κ3) is 3.44.